The zero-order valence-electron chi connectivity index (χ0n) is 13.5. The van der Waals surface area contributed by atoms with Gasteiger partial charge in [0.15, 0.2) is 5.65 Å². The van der Waals surface area contributed by atoms with Gasteiger partial charge < -0.3 is 4.74 Å². The van der Waals surface area contributed by atoms with Crippen LogP contribution in [0.4, 0.5) is 0 Å². The number of thioether (sulfide) groups is 1. The zero-order chi connectivity index (χ0) is 17.1. The second kappa shape index (κ2) is 6.90. The summed E-state index contributed by atoms with van der Waals surface area (Å²) in [5.41, 5.74) is 3.59. The van der Waals surface area contributed by atoms with Crippen molar-refractivity contribution in [2.75, 3.05) is 7.11 Å². The minimum atomic E-state index is 0.718. The molecule has 0 amide bonds. The molecule has 0 saturated heterocycles. The van der Waals surface area contributed by atoms with Crippen LogP contribution in [-0.2, 0) is 5.75 Å². The molecule has 124 valence electrons. The molecule has 0 fully saturated rings. The number of benzene rings is 1. The third kappa shape index (κ3) is 3.32. The second-order valence-corrected chi connectivity index (χ2v) is 6.25. The number of hydrogen-bond donors (Lipinski definition) is 0. The van der Waals surface area contributed by atoms with Crippen LogP contribution in [0.3, 0.4) is 0 Å². The number of methoxy groups -OCH3 is 1. The molecule has 0 atom stereocenters. The summed E-state index contributed by atoms with van der Waals surface area (Å²) in [5.74, 6) is 1.54. The van der Waals surface area contributed by atoms with Gasteiger partial charge in [-0.1, -0.05) is 17.8 Å². The molecule has 0 aliphatic carbocycles. The summed E-state index contributed by atoms with van der Waals surface area (Å²) in [6.45, 7) is 0. The summed E-state index contributed by atoms with van der Waals surface area (Å²) in [4.78, 5) is 4.33. The molecule has 6 nitrogen and oxygen atoms in total. The Morgan fingerprint density at radius 3 is 2.64 bits per heavy atom. The molecular weight excluding hydrogens is 334 g/mol. The number of pyridine rings is 1. The molecule has 7 heteroatoms. The van der Waals surface area contributed by atoms with Crippen LogP contribution in [-0.4, -0.2) is 31.9 Å². The molecule has 4 aromatic rings. The van der Waals surface area contributed by atoms with E-state index in [9.17, 15) is 0 Å². The van der Waals surface area contributed by atoms with Crippen LogP contribution in [0, 0.1) is 0 Å². The van der Waals surface area contributed by atoms with E-state index in [0.29, 0.717) is 0 Å². The van der Waals surface area contributed by atoms with E-state index in [0.717, 1.165) is 39.3 Å². The predicted molar refractivity (Wildman–Crippen MR) is 96.6 cm³/mol. The molecule has 0 saturated carbocycles. The summed E-state index contributed by atoms with van der Waals surface area (Å²) in [6.07, 6.45) is 1.79. The lowest BCUT2D eigenvalue weighted by Crippen LogP contribution is -1.97. The van der Waals surface area contributed by atoms with Gasteiger partial charge in [-0.25, -0.2) is 0 Å². The molecule has 1 aromatic carbocycles. The third-order valence-corrected chi connectivity index (χ3v) is 4.65. The fourth-order valence-corrected chi connectivity index (χ4v) is 3.20. The Balaban J connectivity index is 1.62. The molecule has 0 radical (unpaired) electrons. The molecule has 0 N–H and O–H groups in total. The van der Waals surface area contributed by atoms with Crippen molar-refractivity contribution in [3.05, 3.63) is 66.5 Å². The SMILES string of the molecule is COc1ccc(-c2ccc3nnc(SCc4ccccn4)n3n2)cc1. The molecule has 0 aliphatic rings. The molecule has 25 heavy (non-hydrogen) atoms. The quantitative estimate of drug-likeness (QED) is 0.514. The molecular formula is C18H15N5OS. The minimum absolute atomic E-state index is 0.718. The van der Waals surface area contributed by atoms with Crippen molar-refractivity contribution >= 4 is 17.4 Å². The van der Waals surface area contributed by atoms with Gasteiger partial charge in [-0.2, -0.15) is 9.61 Å². The lowest BCUT2D eigenvalue weighted by molar-refractivity contribution is 0.415. The first-order valence-electron chi connectivity index (χ1n) is 7.73. The van der Waals surface area contributed by atoms with E-state index in [1.807, 2.05) is 54.6 Å². The number of rotatable bonds is 5. The standard InChI is InChI=1S/C18H15N5OS/c1-24-15-7-5-13(6-8-15)16-9-10-17-20-21-18(23(17)22-16)25-12-14-4-2-3-11-19-14/h2-11H,12H2,1H3. The number of hydrogen-bond acceptors (Lipinski definition) is 6. The lowest BCUT2D eigenvalue weighted by atomic mass is 10.1. The molecule has 3 heterocycles. The van der Waals surface area contributed by atoms with Crippen LogP contribution >= 0.6 is 11.8 Å². The topological polar surface area (TPSA) is 65.2 Å². The van der Waals surface area contributed by atoms with Gasteiger partial charge >= 0.3 is 0 Å². The first-order valence-corrected chi connectivity index (χ1v) is 8.71. The van der Waals surface area contributed by atoms with E-state index >= 15 is 0 Å². The summed E-state index contributed by atoms with van der Waals surface area (Å²) in [5, 5.41) is 13.8. The maximum absolute atomic E-state index is 5.20. The zero-order valence-corrected chi connectivity index (χ0v) is 14.3. The van der Waals surface area contributed by atoms with Gasteiger partial charge in [-0.3, -0.25) is 4.98 Å². The van der Waals surface area contributed by atoms with E-state index in [4.69, 9.17) is 4.74 Å². The first-order chi connectivity index (χ1) is 12.3. The van der Waals surface area contributed by atoms with Crippen molar-refractivity contribution in [2.24, 2.45) is 0 Å². The number of aromatic nitrogens is 5. The smallest absolute Gasteiger partial charge is 0.212 e. The fraction of sp³-hybridized carbons (Fsp3) is 0.111. The highest BCUT2D eigenvalue weighted by atomic mass is 32.2. The van der Waals surface area contributed by atoms with Crippen LogP contribution in [0.1, 0.15) is 5.69 Å². The Kier molecular flexibility index (Phi) is 4.30. The van der Waals surface area contributed by atoms with Gasteiger partial charge in [-0.15, -0.1) is 10.2 Å². The summed E-state index contributed by atoms with van der Waals surface area (Å²) in [6, 6.07) is 17.5. The summed E-state index contributed by atoms with van der Waals surface area (Å²) >= 11 is 1.56. The monoisotopic (exact) mass is 349 g/mol. The predicted octanol–water partition coefficient (Wildman–Crippen LogP) is 3.49. The lowest BCUT2D eigenvalue weighted by Gasteiger charge is -2.04. The van der Waals surface area contributed by atoms with E-state index in [1.165, 1.54) is 0 Å². The van der Waals surface area contributed by atoms with Crippen LogP contribution in [0.25, 0.3) is 16.9 Å². The molecule has 0 aliphatic heterocycles. The Bertz CT molecular complexity index is 985. The number of nitrogens with zero attached hydrogens (tertiary/aromatic N) is 5. The number of ether oxygens (including phenoxy) is 1. The van der Waals surface area contributed by atoms with Gasteiger partial charge in [0, 0.05) is 17.5 Å². The summed E-state index contributed by atoms with van der Waals surface area (Å²) in [7, 11) is 1.65. The van der Waals surface area contributed by atoms with Gasteiger partial charge in [0.1, 0.15) is 5.75 Å². The van der Waals surface area contributed by atoms with Crippen molar-refractivity contribution < 1.29 is 4.74 Å². The van der Waals surface area contributed by atoms with E-state index in [2.05, 4.69) is 20.3 Å². The fourth-order valence-electron chi connectivity index (χ4n) is 2.40. The molecule has 3 aromatic heterocycles. The van der Waals surface area contributed by atoms with Gasteiger partial charge in [0.25, 0.3) is 0 Å². The second-order valence-electron chi connectivity index (χ2n) is 5.31. The van der Waals surface area contributed by atoms with E-state index in [-0.39, 0.29) is 0 Å². The third-order valence-electron chi connectivity index (χ3n) is 3.70. The highest BCUT2D eigenvalue weighted by Crippen LogP contribution is 2.24. The van der Waals surface area contributed by atoms with E-state index < -0.39 is 0 Å². The maximum atomic E-state index is 5.20. The van der Waals surface area contributed by atoms with Crippen LogP contribution in [0.5, 0.6) is 5.75 Å². The Labute approximate surface area is 148 Å². The van der Waals surface area contributed by atoms with Crippen molar-refractivity contribution in [3.63, 3.8) is 0 Å². The van der Waals surface area contributed by atoms with Crippen molar-refractivity contribution in [3.8, 4) is 17.0 Å². The van der Waals surface area contributed by atoms with Crippen molar-refractivity contribution in [1.29, 1.82) is 0 Å². The maximum Gasteiger partial charge on any atom is 0.212 e. The highest BCUT2D eigenvalue weighted by Gasteiger charge is 2.10. The molecule has 0 unspecified atom stereocenters. The van der Waals surface area contributed by atoms with E-state index in [1.54, 1.807) is 29.6 Å². The minimum Gasteiger partial charge on any atom is -0.497 e. The Morgan fingerprint density at radius 2 is 1.88 bits per heavy atom. The first kappa shape index (κ1) is 15.6. The number of fused-ring (bicyclic) bond motifs is 1. The van der Waals surface area contributed by atoms with Crippen LogP contribution in [0.2, 0.25) is 0 Å². The Hall–Kier alpha value is -2.93. The molecule has 4 rings (SSSR count). The highest BCUT2D eigenvalue weighted by molar-refractivity contribution is 7.98. The molecule has 0 spiro atoms. The van der Waals surface area contributed by atoms with Crippen molar-refractivity contribution in [1.82, 2.24) is 24.8 Å². The van der Waals surface area contributed by atoms with Crippen LogP contribution < -0.4 is 4.74 Å². The van der Waals surface area contributed by atoms with Crippen LogP contribution in [0.15, 0.2) is 66.0 Å². The van der Waals surface area contributed by atoms with Gasteiger partial charge in [0.05, 0.1) is 18.5 Å². The van der Waals surface area contributed by atoms with Gasteiger partial charge in [-0.05, 0) is 48.5 Å². The largest absolute Gasteiger partial charge is 0.497 e. The average Bonchev–Trinajstić information content (AvgIpc) is 3.09. The van der Waals surface area contributed by atoms with Crippen molar-refractivity contribution in [2.45, 2.75) is 10.9 Å². The summed E-state index contributed by atoms with van der Waals surface area (Å²) < 4.78 is 6.97. The average molecular weight is 349 g/mol. The Morgan fingerprint density at radius 1 is 1.00 bits per heavy atom. The normalized spacial score (nSPS) is 10.9. The van der Waals surface area contributed by atoms with Gasteiger partial charge in [0.2, 0.25) is 5.16 Å². The molecule has 0 bridgehead atoms.